The number of aromatic nitrogens is 3. The third-order valence-electron chi connectivity index (χ3n) is 10.9. The quantitative estimate of drug-likeness (QED) is 0.180. The second-order valence-electron chi connectivity index (χ2n) is 13.6. The molecule has 0 atom stereocenters. The van der Waals surface area contributed by atoms with Gasteiger partial charge in [0.05, 0.1) is 33.3 Å². The number of rotatable bonds is 4. The summed E-state index contributed by atoms with van der Waals surface area (Å²) in [5.41, 5.74) is 15.0. The van der Waals surface area contributed by atoms with Gasteiger partial charge in [0.25, 0.3) is 0 Å². The molecular formula is C48H33N3. The fourth-order valence-electron chi connectivity index (χ4n) is 8.78. The van der Waals surface area contributed by atoms with Crippen LogP contribution in [0.4, 0.5) is 0 Å². The van der Waals surface area contributed by atoms with Crippen molar-refractivity contribution < 1.29 is 0 Å². The molecule has 1 aliphatic carbocycles. The first kappa shape index (κ1) is 28.3. The molecule has 0 saturated heterocycles. The lowest BCUT2D eigenvalue weighted by molar-refractivity contribution is 0.956. The lowest BCUT2D eigenvalue weighted by Gasteiger charge is -2.20. The minimum atomic E-state index is 1.02. The molecule has 0 amide bonds. The molecule has 3 heteroatoms. The molecule has 3 aromatic heterocycles. The molecule has 1 aliphatic rings. The van der Waals surface area contributed by atoms with Crippen molar-refractivity contribution in [2.75, 3.05) is 0 Å². The molecule has 3 heterocycles. The van der Waals surface area contributed by atoms with E-state index in [1.807, 2.05) is 0 Å². The van der Waals surface area contributed by atoms with E-state index in [9.17, 15) is 0 Å². The molecule has 0 saturated carbocycles. The number of para-hydroxylation sites is 5. The van der Waals surface area contributed by atoms with E-state index in [2.05, 4.69) is 190 Å². The normalized spacial score (nSPS) is 13.1. The van der Waals surface area contributed by atoms with Crippen molar-refractivity contribution in [1.82, 2.24) is 13.7 Å². The number of allylic oxidation sites excluding steroid dienone is 1. The molecule has 10 aromatic rings. The fourth-order valence-corrected chi connectivity index (χ4v) is 8.78. The SMILES string of the molecule is C1=C(c2cccc(-n3c4ccccc4c4cc5c(cc43)c3ccccc3n5-c3ccccc3)c2)c2c(c3ccccc3n2-c2ccccc2)CC1. The van der Waals surface area contributed by atoms with Gasteiger partial charge in [-0.3, -0.25) is 0 Å². The van der Waals surface area contributed by atoms with Crippen molar-refractivity contribution in [3.8, 4) is 17.1 Å². The van der Waals surface area contributed by atoms with Gasteiger partial charge < -0.3 is 13.7 Å². The van der Waals surface area contributed by atoms with E-state index in [0.717, 1.165) is 12.8 Å². The highest BCUT2D eigenvalue weighted by Gasteiger charge is 2.25. The summed E-state index contributed by atoms with van der Waals surface area (Å²) in [6.45, 7) is 0. The Kier molecular flexibility index (Phi) is 6.08. The molecule has 0 fully saturated rings. The van der Waals surface area contributed by atoms with E-state index < -0.39 is 0 Å². The molecule has 3 nitrogen and oxygen atoms in total. The van der Waals surface area contributed by atoms with Gasteiger partial charge in [-0.25, -0.2) is 0 Å². The van der Waals surface area contributed by atoms with Gasteiger partial charge in [-0.05, 0) is 90.7 Å². The molecule has 7 aromatic carbocycles. The highest BCUT2D eigenvalue weighted by molar-refractivity contribution is 6.19. The zero-order valence-corrected chi connectivity index (χ0v) is 28.0. The molecule has 11 rings (SSSR count). The molecule has 240 valence electrons. The molecular weight excluding hydrogens is 619 g/mol. The van der Waals surface area contributed by atoms with Crippen LogP contribution in [0.25, 0.3) is 77.1 Å². The zero-order chi connectivity index (χ0) is 33.5. The van der Waals surface area contributed by atoms with Gasteiger partial charge in [-0.15, -0.1) is 0 Å². The lowest BCUT2D eigenvalue weighted by atomic mass is 9.90. The van der Waals surface area contributed by atoms with E-state index in [1.165, 1.54) is 94.0 Å². The second-order valence-corrected chi connectivity index (χ2v) is 13.6. The maximum atomic E-state index is 2.47. The third kappa shape index (κ3) is 4.12. The summed E-state index contributed by atoms with van der Waals surface area (Å²) in [4.78, 5) is 0. The average molecular weight is 652 g/mol. The van der Waals surface area contributed by atoms with Crippen molar-refractivity contribution in [3.63, 3.8) is 0 Å². The Morgan fingerprint density at radius 3 is 1.47 bits per heavy atom. The van der Waals surface area contributed by atoms with Crippen LogP contribution < -0.4 is 0 Å². The van der Waals surface area contributed by atoms with Gasteiger partial charge in [-0.2, -0.15) is 0 Å². The van der Waals surface area contributed by atoms with E-state index in [1.54, 1.807) is 0 Å². The molecule has 0 unspecified atom stereocenters. The molecule has 0 aliphatic heterocycles. The minimum absolute atomic E-state index is 1.02. The van der Waals surface area contributed by atoms with E-state index in [0.29, 0.717) is 0 Å². The highest BCUT2D eigenvalue weighted by Crippen LogP contribution is 2.43. The Hall–Kier alpha value is -6.58. The average Bonchev–Trinajstić information content (AvgIpc) is 3.83. The van der Waals surface area contributed by atoms with Crippen LogP contribution >= 0.6 is 0 Å². The van der Waals surface area contributed by atoms with Crippen molar-refractivity contribution >= 4 is 60.1 Å². The van der Waals surface area contributed by atoms with Gasteiger partial charge in [0, 0.05) is 49.6 Å². The Morgan fingerprint density at radius 2 is 0.843 bits per heavy atom. The summed E-state index contributed by atoms with van der Waals surface area (Å²) in [6, 6.07) is 62.1. The smallest absolute Gasteiger partial charge is 0.0575 e. The standard InChI is InChI=1S/C48H33N3/c1-3-16-33(17-4-1)49-43-26-10-8-22-38(43)41-31-47-42(30-46(41)49)39-23-9-11-27-44(39)50(47)35-20-13-15-32(29-35)36-24-14-25-40-37-21-7-12-28-45(37)51(48(36)40)34-18-5-2-6-19-34/h1-13,15-24,26-31H,14,25H2. The fraction of sp³-hybridized carbons (Fsp3) is 0.0417. The summed E-state index contributed by atoms with van der Waals surface area (Å²) in [5.74, 6) is 0. The first-order valence-corrected chi connectivity index (χ1v) is 17.8. The summed E-state index contributed by atoms with van der Waals surface area (Å²) in [6.07, 6.45) is 4.51. The topological polar surface area (TPSA) is 14.8 Å². The summed E-state index contributed by atoms with van der Waals surface area (Å²) < 4.78 is 7.36. The summed E-state index contributed by atoms with van der Waals surface area (Å²) >= 11 is 0. The van der Waals surface area contributed by atoms with Gasteiger partial charge in [0.2, 0.25) is 0 Å². The van der Waals surface area contributed by atoms with Crippen LogP contribution in [0.1, 0.15) is 23.2 Å². The minimum Gasteiger partial charge on any atom is -0.309 e. The molecule has 0 radical (unpaired) electrons. The number of hydrogen-bond donors (Lipinski definition) is 0. The number of fused-ring (bicyclic) bond motifs is 9. The maximum absolute atomic E-state index is 2.47. The number of hydrogen-bond acceptors (Lipinski definition) is 0. The zero-order valence-electron chi connectivity index (χ0n) is 28.0. The first-order chi connectivity index (χ1) is 25.3. The lowest BCUT2D eigenvalue weighted by Crippen LogP contribution is -2.06. The van der Waals surface area contributed by atoms with E-state index in [4.69, 9.17) is 0 Å². The monoisotopic (exact) mass is 651 g/mol. The Balaban J connectivity index is 1.16. The summed E-state index contributed by atoms with van der Waals surface area (Å²) in [5, 5.41) is 6.38. The van der Waals surface area contributed by atoms with Crippen molar-refractivity contribution in [2.45, 2.75) is 12.8 Å². The predicted octanol–water partition coefficient (Wildman–Crippen LogP) is 12.2. The van der Waals surface area contributed by atoms with Crippen LogP contribution in [0.15, 0.2) is 176 Å². The largest absolute Gasteiger partial charge is 0.309 e. The number of benzene rings is 7. The van der Waals surface area contributed by atoms with Gasteiger partial charge in [0.15, 0.2) is 0 Å². The van der Waals surface area contributed by atoms with Crippen LogP contribution in [-0.2, 0) is 6.42 Å². The second kappa shape index (κ2) is 11.0. The first-order valence-electron chi connectivity index (χ1n) is 17.8. The van der Waals surface area contributed by atoms with Crippen LogP contribution in [0.2, 0.25) is 0 Å². The van der Waals surface area contributed by atoms with Crippen molar-refractivity contribution in [1.29, 1.82) is 0 Å². The number of nitrogens with zero attached hydrogens (tertiary/aromatic N) is 3. The number of aryl methyl sites for hydroxylation is 1. The van der Waals surface area contributed by atoms with Gasteiger partial charge >= 0.3 is 0 Å². The van der Waals surface area contributed by atoms with Gasteiger partial charge in [0.1, 0.15) is 0 Å². The van der Waals surface area contributed by atoms with Crippen LogP contribution in [-0.4, -0.2) is 13.7 Å². The van der Waals surface area contributed by atoms with E-state index in [-0.39, 0.29) is 0 Å². The molecule has 0 N–H and O–H groups in total. The molecule has 51 heavy (non-hydrogen) atoms. The van der Waals surface area contributed by atoms with E-state index >= 15 is 0 Å². The maximum Gasteiger partial charge on any atom is 0.0575 e. The molecule has 0 bridgehead atoms. The Labute approximate surface area is 295 Å². The Bertz CT molecular complexity index is 3010. The van der Waals surface area contributed by atoms with Crippen molar-refractivity contribution in [2.24, 2.45) is 0 Å². The van der Waals surface area contributed by atoms with Crippen LogP contribution in [0.3, 0.4) is 0 Å². The molecule has 0 spiro atoms. The van der Waals surface area contributed by atoms with Crippen LogP contribution in [0, 0.1) is 0 Å². The Morgan fingerprint density at radius 1 is 0.353 bits per heavy atom. The highest BCUT2D eigenvalue weighted by atomic mass is 15.0. The van der Waals surface area contributed by atoms with Crippen molar-refractivity contribution in [3.05, 3.63) is 193 Å². The predicted molar refractivity (Wildman–Crippen MR) is 214 cm³/mol. The summed E-state index contributed by atoms with van der Waals surface area (Å²) in [7, 11) is 0. The third-order valence-corrected chi connectivity index (χ3v) is 10.9. The van der Waals surface area contributed by atoms with Crippen LogP contribution in [0.5, 0.6) is 0 Å². The van der Waals surface area contributed by atoms with Gasteiger partial charge in [-0.1, -0.05) is 109 Å².